The molecule has 0 unspecified atom stereocenters. The van der Waals surface area contributed by atoms with Crippen LogP contribution in [0.25, 0.3) is 0 Å². The summed E-state index contributed by atoms with van der Waals surface area (Å²) in [7, 11) is 0. The molecule has 17 heavy (non-hydrogen) atoms. The van der Waals surface area contributed by atoms with Crippen LogP contribution in [0, 0.1) is 5.92 Å². The molecule has 92 valence electrons. The number of carbonyl (C=O) groups is 1. The van der Waals surface area contributed by atoms with Gasteiger partial charge in [0.25, 0.3) is 5.91 Å². The Bertz CT molecular complexity index is 374. The zero-order chi connectivity index (χ0) is 12.1. The Labute approximate surface area is 110 Å². The van der Waals surface area contributed by atoms with E-state index < -0.39 is 0 Å². The maximum Gasteiger partial charge on any atom is 0.251 e. The summed E-state index contributed by atoms with van der Waals surface area (Å²) in [5, 5.41) is 6.24. The summed E-state index contributed by atoms with van der Waals surface area (Å²) in [6.07, 6.45) is 2.72. The van der Waals surface area contributed by atoms with E-state index in [0.717, 1.165) is 23.5 Å². The van der Waals surface area contributed by atoms with Crippen LogP contribution in [0.5, 0.6) is 0 Å². The Morgan fingerprint density at radius 1 is 1.24 bits per heavy atom. The molecule has 0 aliphatic heterocycles. The van der Waals surface area contributed by atoms with Crippen LogP contribution in [-0.2, 0) is 0 Å². The summed E-state index contributed by atoms with van der Waals surface area (Å²) < 4.78 is 0.986. The monoisotopic (exact) mass is 296 g/mol. The summed E-state index contributed by atoms with van der Waals surface area (Å²) in [5.41, 5.74) is 0.704. The van der Waals surface area contributed by atoms with Gasteiger partial charge in [-0.25, -0.2) is 0 Å². The van der Waals surface area contributed by atoms with E-state index in [0.29, 0.717) is 12.1 Å². The van der Waals surface area contributed by atoms with Crippen molar-refractivity contribution in [1.82, 2.24) is 10.6 Å². The minimum Gasteiger partial charge on any atom is -0.351 e. The van der Waals surface area contributed by atoms with Crippen molar-refractivity contribution in [3.63, 3.8) is 0 Å². The Kier molecular flexibility index (Phi) is 4.57. The van der Waals surface area contributed by atoms with Crippen LogP contribution in [0.3, 0.4) is 0 Å². The highest BCUT2D eigenvalue weighted by Crippen LogP contribution is 2.27. The molecule has 0 aromatic heterocycles. The highest BCUT2D eigenvalue weighted by molar-refractivity contribution is 9.10. The predicted molar refractivity (Wildman–Crippen MR) is 72.1 cm³/mol. The van der Waals surface area contributed by atoms with E-state index in [4.69, 9.17) is 0 Å². The first kappa shape index (κ1) is 12.6. The van der Waals surface area contributed by atoms with Gasteiger partial charge in [-0.15, -0.1) is 0 Å². The average molecular weight is 297 g/mol. The lowest BCUT2D eigenvalue weighted by Crippen LogP contribution is -2.32. The average Bonchev–Trinajstić information content (AvgIpc) is 3.13. The molecule has 2 rings (SSSR count). The third-order valence-electron chi connectivity index (χ3n) is 2.82. The number of carbonyl (C=O) groups excluding carboxylic acids is 1. The van der Waals surface area contributed by atoms with Crippen molar-refractivity contribution in [1.29, 1.82) is 0 Å². The van der Waals surface area contributed by atoms with Gasteiger partial charge in [-0.05, 0) is 49.6 Å². The van der Waals surface area contributed by atoms with Crippen molar-refractivity contribution in [3.05, 3.63) is 34.3 Å². The molecular weight excluding hydrogens is 280 g/mol. The number of nitrogens with one attached hydrogen (secondary N) is 2. The molecule has 0 spiro atoms. The van der Waals surface area contributed by atoms with Gasteiger partial charge in [-0.2, -0.15) is 0 Å². The van der Waals surface area contributed by atoms with Gasteiger partial charge in [0.05, 0.1) is 0 Å². The molecule has 1 aliphatic carbocycles. The second-order valence-electron chi connectivity index (χ2n) is 4.41. The summed E-state index contributed by atoms with van der Waals surface area (Å²) in [4.78, 5) is 11.7. The van der Waals surface area contributed by atoms with Gasteiger partial charge in [0, 0.05) is 23.1 Å². The van der Waals surface area contributed by atoms with Crippen molar-refractivity contribution in [2.45, 2.75) is 12.8 Å². The Hall–Kier alpha value is -0.870. The standard InChI is InChI=1S/C13H17BrN2O/c14-12-5-3-11(4-6-12)13(17)16-8-7-15-9-10-1-2-10/h3-6,10,15H,1-2,7-9H2,(H,16,17). The summed E-state index contributed by atoms with van der Waals surface area (Å²) >= 11 is 3.35. The molecule has 1 amide bonds. The molecule has 2 N–H and O–H groups in total. The third-order valence-corrected chi connectivity index (χ3v) is 3.35. The molecule has 0 radical (unpaired) electrons. The van der Waals surface area contributed by atoms with Gasteiger partial charge in [-0.1, -0.05) is 15.9 Å². The largest absolute Gasteiger partial charge is 0.351 e. The summed E-state index contributed by atoms with van der Waals surface area (Å²) in [6.45, 7) is 2.62. The summed E-state index contributed by atoms with van der Waals surface area (Å²) in [6, 6.07) is 7.38. The van der Waals surface area contributed by atoms with Crippen molar-refractivity contribution < 1.29 is 4.79 Å². The van der Waals surface area contributed by atoms with Crippen LogP contribution < -0.4 is 10.6 Å². The zero-order valence-electron chi connectivity index (χ0n) is 9.71. The van der Waals surface area contributed by atoms with Gasteiger partial charge in [0.1, 0.15) is 0 Å². The van der Waals surface area contributed by atoms with E-state index in [1.54, 1.807) is 0 Å². The number of amides is 1. The molecule has 0 heterocycles. The minimum absolute atomic E-state index is 0.00859. The summed E-state index contributed by atoms with van der Waals surface area (Å²) in [5.74, 6) is 0.878. The van der Waals surface area contributed by atoms with E-state index in [9.17, 15) is 4.79 Å². The fraction of sp³-hybridized carbons (Fsp3) is 0.462. The molecule has 0 atom stereocenters. The van der Waals surface area contributed by atoms with Crippen molar-refractivity contribution in [3.8, 4) is 0 Å². The van der Waals surface area contributed by atoms with Crippen molar-refractivity contribution in [2.75, 3.05) is 19.6 Å². The van der Waals surface area contributed by atoms with E-state index >= 15 is 0 Å². The molecule has 1 fully saturated rings. The van der Waals surface area contributed by atoms with Gasteiger partial charge in [-0.3, -0.25) is 4.79 Å². The van der Waals surface area contributed by atoms with Crippen LogP contribution in [0.1, 0.15) is 23.2 Å². The lowest BCUT2D eigenvalue weighted by Gasteiger charge is -2.06. The Balaban J connectivity index is 1.64. The van der Waals surface area contributed by atoms with E-state index in [1.807, 2.05) is 24.3 Å². The fourth-order valence-corrected chi connectivity index (χ4v) is 1.86. The van der Waals surface area contributed by atoms with Crippen LogP contribution in [-0.4, -0.2) is 25.5 Å². The van der Waals surface area contributed by atoms with Gasteiger partial charge < -0.3 is 10.6 Å². The van der Waals surface area contributed by atoms with Gasteiger partial charge in [0.2, 0.25) is 0 Å². The number of rotatable bonds is 6. The molecule has 1 saturated carbocycles. The molecule has 4 heteroatoms. The quantitative estimate of drug-likeness (QED) is 0.790. The van der Waals surface area contributed by atoms with Crippen LogP contribution in [0.2, 0.25) is 0 Å². The topological polar surface area (TPSA) is 41.1 Å². The molecule has 1 aromatic carbocycles. The van der Waals surface area contributed by atoms with E-state index in [2.05, 4.69) is 26.6 Å². The predicted octanol–water partition coefficient (Wildman–Crippen LogP) is 2.18. The van der Waals surface area contributed by atoms with Gasteiger partial charge in [0.15, 0.2) is 0 Å². The Morgan fingerprint density at radius 3 is 2.59 bits per heavy atom. The first-order valence-corrected chi connectivity index (χ1v) is 6.79. The maximum atomic E-state index is 11.7. The van der Waals surface area contributed by atoms with Gasteiger partial charge >= 0.3 is 0 Å². The maximum absolute atomic E-state index is 11.7. The second-order valence-corrected chi connectivity index (χ2v) is 5.33. The van der Waals surface area contributed by atoms with Crippen LogP contribution in [0.15, 0.2) is 28.7 Å². The molecule has 1 aliphatic rings. The highest BCUT2D eigenvalue weighted by Gasteiger charge is 2.19. The smallest absolute Gasteiger partial charge is 0.251 e. The Morgan fingerprint density at radius 2 is 1.94 bits per heavy atom. The second kappa shape index (κ2) is 6.17. The molecule has 1 aromatic rings. The number of hydrogen-bond donors (Lipinski definition) is 2. The molecule has 0 bridgehead atoms. The lowest BCUT2D eigenvalue weighted by molar-refractivity contribution is 0.0954. The SMILES string of the molecule is O=C(NCCNCC1CC1)c1ccc(Br)cc1. The first-order chi connectivity index (χ1) is 8.25. The number of hydrogen-bond acceptors (Lipinski definition) is 2. The van der Waals surface area contributed by atoms with Crippen LogP contribution >= 0.6 is 15.9 Å². The first-order valence-electron chi connectivity index (χ1n) is 6.00. The van der Waals surface area contributed by atoms with E-state index in [-0.39, 0.29) is 5.91 Å². The highest BCUT2D eigenvalue weighted by atomic mass is 79.9. The normalized spacial score (nSPS) is 14.6. The van der Waals surface area contributed by atoms with Crippen molar-refractivity contribution >= 4 is 21.8 Å². The third kappa shape index (κ3) is 4.48. The zero-order valence-corrected chi connectivity index (χ0v) is 11.3. The number of benzene rings is 1. The molecule has 0 saturated heterocycles. The molecular formula is C13H17BrN2O. The van der Waals surface area contributed by atoms with Crippen molar-refractivity contribution in [2.24, 2.45) is 5.92 Å². The minimum atomic E-state index is -0.00859. The molecule has 3 nitrogen and oxygen atoms in total. The van der Waals surface area contributed by atoms with Crippen LogP contribution in [0.4, 0.5) is 0 Å². The lowest BCUT2D eigenvalue weighted by atomic mass is 10.2. The fourth-order valence-electron chi connectivity index (χ4n) is 1.60. The number of halogens is 1. The van der Waals surface area contributed by atoms with E-state index in [1.165, 1.54) is 12.8 Å².